The normalized spacial score (nSPS) is 22.0. The Bertz CT molecular complexity index is 344. The van der Waals surface area contributed by atoms with Gasteiger partial charge in [-0.1, -0.05) is 25.7 Å². The second-order valence-corrected chi connectivity index (χ2v) is 6.10. The number of aliphatic carboxylic acids is 1. The number of hydrogen-bond donors (Lipinski definition) is 2. The minimum absolute atomic E-state index is 0.103. The molecule has 1 amide bonds. The van der Waals surface area contributed by atoms with Crippen molar-refractivity contribution in [2.45, 2.75) is 63.9 Å². The molecule has 114 valence electrons. The third-order valence-corrected chi connectivity index (χ3v) is 4.59. The molecule has 2 aliphatic carbocycles. The van der Waals surface area contributed by atoms with Crippen molar-refractivity contribution < 1.29 is 19.4 Å². The van der Waals surface area contributed by atoms with Crippen LogP contribution in [0.25, 0.3) is 0 Å². The number of nitrogens with one attached hydrogen (secondary N) is 1. The van der Waals surface area contributed by atoms with Gasteiger partial charge in [0.1, 0.15) is 0 Å². The number of carbonyl (C=O) groups excluding carboxylic acids is 1. The van der Waals surface area contributed by atoms with Gasteiger partial charge in [-0.3, -0.25) is 9.59 Å². The Morgan fingerprint density at radius 1 is 1.15 bits per heavy atom. The van der Waals surface area contributed by atoms with Crippen molar-refractivity contribution in [2.75, 3.05) is 13.2 Å². The van der Waals surface area contributed by atoms with Gasteiger partial charge < -0.3 is 15.2 Å². The largest absolute Gasteiger partial charge is 0.481 e. The van der Waals surface area contributed by atoms with Crippen LogP contribution in [0.4, 0.5) is 0 Å². The minimum Gasteiger partial charge on any atom is -0.481 e. The highest BCUT2D eigenvalue weighted by atomic mass is 16.5. The number of carbonyl (C=O) groups is 2. The van der Waals surface area contributed by atoms with E-state index in [9.17, 15) is 14.7 Å². The third kappa shape index (κ3) is 3.95. The van der Waals surface area contributed by atoms with Crippen LogP contribution in [0.1, 0.15) is 57.8 Å². The Balaban J connectivity index is 1.65. The molecule has 0 aliphatic heterocycles. The van der Waals surface area contributed by atoms with E-state index in [0.29, 0.717) is 32.1 Å². The number of carboxylic acids is 1. The fourth-order valence-electron chi connectivity index (χ4n) is 3.36. The van der Waals surface area contributed by atoms with Crippen molar-refractivity contribution in [3.05, 3.63) is 0 Å². The quantitative estimate of drug-likeness (QED) is 0.702. The lowest BCUT2D eigenvalue weighted by Crippen LogP contribution is -2.37. The highest BCUT2D eigenvalue weighted by Crippen LogP contribution is 2.41. The van der Waals surface area contributed by atoms with Crippen LogP contribution < -0.4 is 5.32 Å². The molecule has 0 heterocycles. The highest BCUT2D eigenvalue weighted by molar-refractivity contribution is 5.85. The molecule has 0 radical (unpaired) electrons. The van der Waals surface area contributed by atoms with E-state index >= 15 is 0 Å². The molecule has 0 bridgehead atoms. The summed E-state index contributed by atoms with van der Waals surface area (Å²) in [6.45, 7) is 1.00. The molecule has 2 aliphatic rings. The van der Waals surface area contributed by atoms with Crippen molar-refractivity contribution in [3.8, 4) is 0 Å². The summed E-state index contributed by atoms with van der Waals surface area (Å²) in [5.41, 5.74) is -0.823. The molecule has 0 aromatic heterocycles. The molecule has 20 heavy (non-hydrogen) atoms. The van der Waals surface area contributed by atoms with Gasteiger partial charge in [0.25, 0.3) is 0 Å². The summed E-state index contributed by atoms with van der Waals surface area (Å²) in [4.78, 5) is 23.2. The average Bonchev–Trinajstić information content (AvgIpc) is 3.06. The van der Waals surface area contributed by atoms with Gasteiger partial charge in [0, 0.05) is 13.0 Å². The molecular formula is C15H25NO4. The Labute approximate surface area is 120 Å². The standard InChI is InChI=1S/C15H25NO4/c17-13(11-15(14(18)19)7-3-4-8-15)16-9-10-20-12-5-1-2-6-12/h12H,1-11H2,(H,16,17)(H,18,19). The summed E-state index contributed by atoms with van der Waals surface area (Å²) in [6, 6.07) is 0. The second kappa shape index (κ2) is 7.07. The zero-order valence-electron chi connectivity index (χ0n) is 12.0. The summed E-state index contributed by atoms with van der Waals surface area (Å²) in [5, 5.41) is 12.1. The summed E-state index contributed by atoms with van der Waals surface area (Å²) >= 11 is 0. The Morgan fingerprint density at radius 3 is 2.40 bits per heavy atom. The second-order valence-electron chi connectivity index (χ2n) is 6.10. The first-order valence-corrected chi connectivity index (χ1v) is 7.74. The maximum atomic E-state index is 11.9. The number of rotatable bonds is 7. The first kappa shape index (κ1) is 15.3. The number of carboxylic acid groups (broad SMARTS) is 1. The molecule has 5 nitrogen and oxygen atoms in total. The smallest absolute Gasteiger partial charge is 0.310 e. The number of ether oxygens (including phenoxy) is 1. The van der Waals surface area contributed by atoms with E-state index in [1.807, 2.05) is 0 Å². The maximum absolute atomic E-state index is 11.9. The highest BCUT2D eigenvalue weighted by Gasteiger charge is 2.42. The summed E-state index contributed by atoms with van der Waals surface area (Å²) in [6.07, 6.45) is 8.22. The SMILES string of the molecule is O=C(CC1(C(=O)O)CCCC1)NCCOC1CCCC1. The van der Waals surface area contributed by atoms with Gasteiger partial charge in [-0.2, -0.15) is 0 Å². The topological polar surface area (TPSA) is 75.6 Å². The predicted molar refractivity (Wildman–Crippen MR) is 74.4 cm³/mol. The van der Waals surface area contributed by atoms with Gasteiger partial charge >= 0.3 is 5.97 Å². The van der Waals surface area contributed by atoms with Crippen LogP contribution in [0, 0.1) is 5.41 Å². The molecule has 0 unspecified atom stereocenters. The molecule has 0 atom stereocenters. The zero-order valence-corrected chi connectivity index (χ0v) is 12.0. The van der Waals surface area contributed by atoms with Gasteiger partial charge in [-0.25, -0.2) is 0 Å². The van der Waals surface area contributed by atoms with E-state index < -0.39 is 11.4 Å². The minimum atomic E-state index is -0.827. The fraction of sp³-hybridized carbons (Fsp3) is 0.867. The first-order chi connectivity index (χ1) is 9.62. The van der Waals surface area contributed by atoms with E-state index in [-0.39, 0.29) is 12.3 Å². The molecular weight excluding hydrogens is 258 g/mol. The lowest BCUT2D eigenvalue weighted by Gasteiger charge is -2.22. The van der Waals surface area contributed by atoms with Gasteiger partial charge in [-0.05, 0) is 25.7 Å². The fourth-order valence-corrected chi connectivity index (χ4v) is 3.36. The van der Waals surface area contributed by atoms with Crippen molar-refractivity contribution in [3.63, 3.8) is 0 Å². The molecule has 2 saturated carbocycles. The van der Waals surface area contributed by atoms with Crippen LogP contribution in [0.3, 0.4) is 0 Å². The lowest BCUT2D eigenvalue weighted by atomic mass is 9.82. The Kier molecular flexibility index (Phi) is 5.40. The molecule has 0 spiro atoms. The van der Waals surface area contributed by atoms with E-state index in [1.165, 1.54) is 12.8 Å². The van der Waals surface area contributed by atoms with Crippen LogP contribution in [0.5, 0.6) is 0 Å². The molecule has 2 fully saturated rings. The lowest BCUT2D eigenvalue weighted by molar-refractivity contribution is -0.151. The van der Waals surface area contributed by atoms with Gasteiger partial charge in [0.2, 0.25) is 5.91 Å². The molecule has 2 rings (SSSR count). The van der Waals surface area contributed by atoms with Gasteiger partial charge in [0.05, 0.1) is 18.1 Å². The van der Waals surface area contributed by atoms with Crippen molar-refractivity contribution in [1.82, 2.24) is 5.32 Å². The van der Waals surface area contributed by atoms with Crippen molar-refractivity contribution in [1.29, 1.82) is 0 Å². The summed E-state index contributed by atoms with van der Waals surface area (Å²) in [7, 11) is 0. The van der Waals surface area contributed by atoms with Crippen LogP contribution in [-0.2, 0) is 14.3 Å². The Morgan fingerprint density at radius 2 is 1.80 bits per heavy atom. The third-order valence-electron chi connectivity index (χ3n) is 4.59. The predicted octanol–water partition coefficient (Wildman–Crippen LogP) is 2.10. The van der Waals surface area contributed by atoms with Crippen molar-refractivity contribution >= 4 is 11.9 Å². The van der Waals surface area contributed by atoms with Crippen LogP contribution in [0.2, 0.25) is 0 Å². The molecule has 0 aromatic carbocycles. The van der Waals surface area contributed by atoms with E-state index in [0.717, 1.165) is 25.7 Å². The summed E-state index contributed by atoms with van der Waals surface area (Å²) < 4.78 is 5.66. The van der Waals surface area contributed by atoms with Crippen LogP contribution >= 0.6 is 0 Å². The van der Waals surface area contributed by atoms with E-state index in [4.69, 9.17) is 4.74 Å². The Hall–Kier alpha value is -1.10. The molecule has 2 N–H and O–H groups in total. The van der Waals surface area contributed by atoms with Crippen LogP contribution in [-0.4, -0.2) is 36.2 Å². The number of amides is 1. The molecule has 0 aromatic rings. The molecule has 5 heteroatoms. The summed E-state index contributed by atoms with van der Waals surface area (Å²) in [5.74, 6) is -0.989. The van der Waals surface area contributed by atoms with E-state index in [1.54, 1.807) is 0 Å². The first-order valence-electron chi connectivity index (χ1n) is 7.74. The van der Waals surface area contributed by atoms with Gasteiger partial charge in [0.15, 0.2) is 0 Å². The average molecular weight is 283 g/mol. The maximum Gasteiger partial charge on any atom is 0.310 e. The van der Waals surface area contributed by atoms with Crippen LogP contribution in [0.15, 0.2) is 0 Å². The zero-order chi connectivity index (χ0) is 14.4. The van der Waals surface area contributed by atoms with E-state index in [2.05, 4.69) is 5.32 Å². The molecule has 0 saturated heterocycles. The van der Waals surface area contributed by atoms with Crippen molar-refractivity contribution in [2.24, 2.45) is 5.41 Å². The van der Waals surface area contributed by atoms with Gasteiger partial charge in [-0.15, -0.1) is 0 Å². The monoisotopic (exact) mass is 283 g/mol. The number of hydrogen-bond acceptors (Lipinski definition) is 3.